The van der Waals surface area contributed by atoms with Gasteiger partial charge in [0.15, 0.2) is 0 Å². The standard InChI is InChI=1S/C18H24N4O2S3/c23-16(4-2-1-3-14-7-12-26-27-14)21-9-5-13(6-10-21)22-18(24)17-15(19-20-22)8-11-25-17/h8,11,13-14H,1-7,9-10,12H2/t14-/m1/s1. The van der Waals surface area contributed by atoms with Gasteiger partial charge in [-0.05, 0) is 43.6 Å². The number of carbonyl (C=O) groups excluding carboxylic acids is 1. The molecule has 0 unspecified atom stereocenters. The lowest BCUT2D eigenvalue weighted by Crippen LogP contribution is -2.41. The number of aromatic nitrogens is 3. The van der Waals surface area contributed by atoms with Crippen molar-refractivity contribution in [3.63, 3.8) is 0 Å². The molecule has 27 heavy (non-hydrogen) atoms. The number of thiophene rings is 1. The van der Waals surface area contributed by atoms with Crippen LogP contribution in [-0.2, 0) is 4.79 Å². The zero-order valence-electron chi connectivity index (χ0n) is 15.2. The summed E-state index contributed by atoms with van der Waals surface area (Å²) >= 11 is 1.41. The Morgan fingerprint density at radius 1 is 1.22 bits per heavy atom. The molecule has 0 bridgehead atoms. The zero-order chi connectivity index (χ0) is 18.6. The molecule has 1 amide bonds. The van der Waals surface area contributed by atoms with Crippen LogP contribution in [0, 0.1) is 0 Å². The SMILES string of the molecule is O=C(CCCC[C@@H]1CCSS1)N1CCC(n2nnc3ccsc3c2=O)CC1. The summed E-state index contributed by atoms with van der Waals surface area (Å²) < 4.78 is 2.19. The van der Waals surface area contributed by atoms with Crippen LogP contribution in [0.25, 0.3) is 10.2 Å². The first-order chi connectivity index (χ1) is 13.2. The van der Waals surface area contributed by atoms with Crippen LogP contribution in [0.2, 0.25) is 0 Å². The van der Waals surface area contributed by atoms with E-state index in [0.29, 0.717) is 29.7 Å². The van der Waals surface area contributed by atoms with Crippen LogP contribution < -0.4 is 5.56 Å². The lowest BCUT2D eigenvalue weighted by atomic mass is 10.0. The van der Waals surface area contributed by atoms with Crippen molar-refractivity contribution in [2.45, 2.75) is 56.2 Å². The predicted molar refractivity (Wildman–Crippen MR) is 113 cm³/mol. The van der Waals surface area contributed by atoms with Crippen LogP contribution >= 0.6 is 32.9 Å². The Hall–Kier alpha value is -1.06. The van der Waals surface area contributed by atoms with Gasteiger partial charge in [0, 0.05) is 30.5 Å². The van der Waals surface area contributed by atoms with E-state index in [9.17, 15) is 9.59 Å². The first kappa shape index (κ1) is 19.3. The third-order valence-corrected chi connectivity index (χ3v) is 9.25. The van der Waals surface area contributed by atoms with E-state index in [2.05, 4.69) is 10.3 Å². The van der Waals surface area contributed by atoms with Gasteiger partial charge >= 0.3 is 0 Å². The zero-order valence-corrected chi connectivity index (χ0v) is 17.7. The molecule has 2 aliphatic heterocycles. The van der Waals surface area contributed by atoms with Crippen molar-refractivity contribution in [1.29, 1.82) is 0 Å². The average Bonchev–Trinajstić information content (AvgIpc) is 3.38. The summed E-state index contributed by atoms with van der Waals surface area (Å²) in [4.78, 5) is 27.0. The van der Waals surface area contributed by atoms with E-state index in [1.807, 2.05) is 37.9 Å². The van der Waals surface area contributed by atoms with E-state index in [0.717, 1.165) is 30.9 Å². The molecule has 2 aliphatic rings. The normalized spacial score (nSPS) is 21.2. The quantitative estimate of drug-likeness (QED) is 0.520. The minimum absolute atomic E-state index is 0.0393. The summed E-state index contributed by atoms with van der Waals surface area (Å²) in [6.07, 6.45) is 6.87. The van der Waals surface area contributed by atoms with Crippen LogP contribution in [0.1, 0.15) is 51.0 Å². The second-order valence-corrected chi connectivity index (χ2v) is 10.9. The number of fused-ring (bicyclic) bond motifs is 1. The predicted octanol–water partition coefficient (Wildman–Crippen LogP) is 3.73. The fourth-order valence-electron chi connectivity index (χ4n) is 3.75. The highest BCUT2D eigenvalue weighted by molar-refractivity contribution is 8.77. The van der Waals surface area contributed by atoms with Crippen LogP contribution in [0.15, 0.2) is 16.2 Å². The molecular weight excluding hydrogens is 400 g/mol. The Morgan fingerprint density at radius 2 is 2.07 bits per heavy atom. The number of likely N-dealkylation sites (tertiary alicyclic amines) is 1. The summed E-state index contributed by atoms with van der Waals surface area (Å²) in [6.45, 7) is 1.41. The molecule has 9 heteroatoms. The summed E-state index contributed by atoms with van der Waals surface area (Å²) in [7, 11) is 3.99. The fraction of sp³-hybridized carbons (Fsp3) is 0.667. The van der Waals surface area contributed by atoms with Gasteiger partial charge in [0.1, 0.15) is 10.2 Å². The van der Waals surface area contributed by atoms with Crippen LogP contribution in [0.5, 0.6) is 0 Å². The Bertz CT molecular complexity index is 838. The fourth-order valence-corrected chi connectivity index (χ4v) is 7.54. The number of nitrogens with zero attached hydrogens (tertiary/aromatic N) is 4. The summed E-state index contributed by atoms with van der Waals surface area (Å²) in [5, 5.41) is 10.9. The molecule has 0 spiro atoms. The van der Waals surface area contributed by atoms with Crippen LogP contribution in [0.3, 0.4) is 0 Å². The Balaban J connectivity index is 1.24. The molecule has 0 aromatic carbocycles. The van der Waals surface area contributed by atoms with Gasteiger partial charge in [0.2, 0.25) is 5.91 Å². The van der Waals surface area contributed by atoms with Gasteiger partial charge in [-0.15, -0.1) is 16.4 Å². The highest BCUT2D eigenvalue weighted by Gasteiger charge is 2.26. The van der Waals surface area contributed by atoms with E-state index in [-0.39, 0.29) is 17.5 Å². The molecule has 4 heterocycles. The molecule has 2 fully saturated rings. The van der Waals surface area contributed by atoms with Gasteiger partial charge in [-0.2, -0.15) is 0 Å². The Morgan fingerprint density at radius 3 is 2.85 bits per heavy atom. The van der Waals surface area contributed by atoms with Gasteiger partial charge in [0.25, 0.3) is 5.56 Å². The van der Waals surface area contributed by atoms with Gasteiger partial charge < -0.3 is 4.90 Å². The second-order valence-electron chi connectivity index (χ2n) is 7.16. The maximum Gasteiger partial charge on any atom is 0.287 e. The monoisotopic (exact) mass is 424 g/mol. The third-order valence-electron chi connectivity index (χ3n) is 5.35. The molecule has 1 atom stereocenters. The average molecular weight is 425 g/mol. The van der Waals surface area contributed by atoms with Gasteiger partial charge in [0.05, 0.1) is 6.04 Å². The molecule has 2 saturated heterocycles. The topological polar surface area (TPSA) is 68.1 Å². The lowest BCUT2D eigenvalue weighted by Gasteiger charge is -2.32. The van der Waals surface area contributed by atoms with Crippen LogP contribution in [-0.4, -0.2) is 49.9 Å². The molecule has 0 N–H and O–H groups in total. The molecule has 2 aromatic heterocycles. The van der Waals surface area contributed by atoms with Gasteiger partial charge in [-0.1, -0.05) is 33.2 Å². The van der Waals surface area contributed by atoms with Crippen molar-refractivity contribution < 1.29 is 4.79 Å². The molecular formula is C18H24N4O2S3. The molecule has 0 aliphatic carbocycles. The Labute approximate surface area is 170 Å². The molecule has 0 saturated carbocycles. The molecule has 6 nitrogen and oxygen atoms in total. The first-order valence-corrected chi connectivity index (χ1v) is 12.9. The van der Waals surface area contributed by atoms with Gasteiger partial charge in [-0.3, -0.25) is 9.59 Å². The number of unbranched alkanes of at least 4 members (excludes halogenated alkanes) is 1. The van der Waals surface area contributed by atoms with Crippen molar-refractivity contribution in [2.75, 3.05) is 18.8 Å². The molecule has 2 aromatic rings. The van der Waals surface area contributed by atoms with Crippen molar-refractivity contribution in [3.05, 3.63) is 21.8 Å². The van der Waals surface area contributed by atoms with E-state index >= 15 is 0 Å². The minimum atomic E-state index is -0.0530. The largest absolute Gasteiger partial charge is 0.343 e. The van der Waals surface area contributed by atoms with E-state index < -0.39 is 0 Å². The molecule has 4 rings (SSSR count). The van der Waals surface area contributed by atoms with Crippen molar-refractivity contribution >= 4 is 49.0 Å². The number of rotatable bonds is 6. The number of carbonyl (C=O) groups is 1. The maximum atomic E-state index is 12.6. The molecule has 146 valence electrons. The number of hydrogen-bond donors (Lipinski definition) is 0. The highest BCUT2D eigenvalue weighted by atomic mass is 33.1. The number of hydrogen-bond acceptors (Lipinski definition) is 7. The van der Waals surface area contributed by atoms with E-state index in [1.54, 1.807) is 0 Å². The van der Waals surface area contributed by atoms with Crippen molar-refractivity contribution in [2.24, 2.45) is 0 Å². The second kappa shape index (κ2) is 8.96. The van der Waals surface area contributed by atoms with Crippen LogP contribution in [0.4, 0.5) is 0 Å². The van der Waals surface area contributed by atoms with E-state index in [1.165, 1.54) is 34.6 Å². The summed E-state index contributed by atoms with van der Waals surface area (Å²) in [5.41, 5.74) is 0.617. The Kier molecular flexibility index (Phi) is 6.39. The first-order valence-electron chi connectivity index (χ1n) is 9.61. The maximum absolute atomic E-state index is 12.6. The van der Waals surface area contributed by atoms with Crippen molar-refractivity contribution in [1.82, 2.24) is 19.9 Å². The van der Waals surface area contributed by atoms with Crippen molar-refractivity contribution in [3.8, 4) is 0 Å². The van der Waals surface area contributed by atoms with E-state index in [4.69, 9.17) is 0 Å². The molecule has 0 radical (unpaired) electrons. The number of amides is 1. The highest BCUT2D eigenvalue weighted by Crippen LogP contribution is 2.39. The smallest absolute Gasteiger partial charge is 0.287 e. The third kappa shape index (κ3) is 4.51. The number of piperidine rings is 1. The summed E-state index contributed by atoms with van der Waals surface area (Å²) in [6, 6.07) is 1.86. The van der Waals surface area contributed by atoms with Gasteiger partial charge in [-0.25, -0.2) is 4.68 Å². The lowest BCUT2D eigenvalue weighted by molar-refractivity contribution is -0.132. The summed E-state index contributed by atoms with van der Waals surface area (Å²) in [5.74, 6) is 1.53. The minimum Gasteiger partial charge on any atom is -0.343 e.